The van der Waals surface area contributed by atoms with E-state index in [-0.39, 0.29) is 30.0 Å². The molecular formula is C14H20N4O3. The second-order valence-corrected chi connectivity index (χ2v) is 4.90. The number of nitrogens with zero attached hydrogens (tertiary/aromatic N) is 2. The summed E-state index contributed by atoms with van der Waals surface area (Å²) in [6, 6.07) is 3.69. The number of rotatable bonds is 7. The van der Waals surface area contributed by atoms with Crippen molar-refractivity contribution in [2.24, 2.45) is 0 Å². The van der Waals surface area contributed by atoms with Crippen LogP contribution in [0.5, 0.6) is 5.88 Å². The van der Waals surface area contributed by atoms with E-state index in [1.165, 1.54) is 19.2 Å². The molecule has 3 N–H and O–H groups in total. The zero-order valence-corrected chi connectivity index (χ0v) is 12.4. The van der Waals surface area contributed by atoms with Gasteiger partial charge in [0.2, 0.25) is 11.8 Å². The molecule has 1 rings (SSSR count). The van der Waals surface area contributed by atoms with E-state index in [4.69, 9.17) is 10.00 Å². The van der Waals surface area contributed by atoms with Crippen molar-refractivity contribution in [3.8, 4) is 11.9 Å². The predicted molar refractivity (Wildman–Crippen MR) is 77.9 cm³/mol. The Hall–Kier alpha value is -2.17. The largest absolute Gasteiger partial charge is 0.474 e. The highest BCUT2D eigenvalue weighted by Crippen LogP contribution is 2.18. The fourth-order valence-corrected chi connectivity index (χ4v) is 1.52. The van der Waals surface area contributed by atoms with Gasteiger partial charge >= 0.3 is 0 Å². The van der Waals surface area contributed by atoms with Gasteiger partial charge in [0.1, 0.15) is 24.3 Å². The monoisotopic (exact) mass is 292 g/mol. The molecule has 0 aliphatic carbocycles. The summed E-state index contributed by atoms with van der Waals surface area (Å²) in [5.74, 6) is -0.111. The van der Waals surface area contributed by atoms with E-state index in [2.05, 4.69) is 15.6 Å². The lowest BCUT2D eigenvalue weighted by Crippen LogP contribution is -2.35. The summed E-state index contributed by atoms with van der Waals surface area (Å²) in [5.41, 5.74) is 0.624. The molecule has 0 aliphatic rings. The van der Waals surface area contributed by atoms with Crippen LogP contribution in [0.3, 0.4) is 0 Å². The summed E-state index contributed by atoms with van der Waals surface area (Å²) in [4.78, 5) is 14.9. The van der Waals surface area contributed by atoms with E-state index < -0.39 is 6.10 Å². The van der Waals surface area contributed by atoms with E-state index in [0.717, 1.165) is 0 Å². The minimum absolute atomic E-state index is 0.0287. The molecule has 0 fully saturated rings. The Morgan fingerprint density at radius 2 is 2.29 bits per heavy atom. The van der Waals surface area contributed by atoms with Crippen molar-refractivity contribution in [3.05, 3.63) is 17.8 Å². The zero-order valence-electron chi connectivity index (χ0n) is 12.4. The molecule has 7 nitrogen and oxygen atoms in total. The van der Waals surface area contributed by atoms with Gasteiger partial charge in [-0.05, 0) is 6.07 Å². The maximum absolute atomic E-state index is 10.9. The van der Waals surface area contributed by atoms with Gasteiger partial charge in [0, 0.05) is 19.5 Å². The van der Waals surface area contributed by atoms with Gasteiger partial charge < -0.3 is 20.5 Å². The second-order valence-electron chi connectivity index (χ2n) is 4.90. The van der Waals surface area contributed by atoms with E-state index in [9.17, 15) is 9.90 Å². The fourth-order valence-electron chi connectivity index (χ4n) is 1.52. The summed E-state index contributed by atoms with van der Waals surface area (Å²) in [7, 11) is 0. The van der Waals surface area contributed by atoms with E-state index in [1.807, 2.05) is 19.9 Å². The molecule has 0 saturated carbocycles. The van der Waals surface area contributed by atoms with Crippen LogP contribution >= 0.6 is 0 Å². The Morgan fingerprint density at radius 3 is 2.86 bits per heavy atom. The van der Waals surface area contributed by atoms with Crippen LogP contribution in [0.4, 0.5) is 5.69 Å². The van der Waals surface area contributed by atoms with E-state index in [1.54, 1.807) is 0 Å². The summed E-state index contributed by atoms with van der Waals surface area (Å²) in [6.07, 6.45) is 0.701. The lowest BCUT2D eigenvalue weighted by atomic mass is 10.2. The first-order chi connectivity index (χ1) is 9.92. The van der Waals surface area contributed by atoms with Crippen molar-refractivity contribution in [1.82, 2.24) is 10.3 Å². The predicted octanol–water partition coefficient (Wildman–Crippen LogP) is 0.649. The Morgan fingerprint density at radius 1 is 1.57 bits per heavy atom. The second kappa shape index (κ2) is 8.19. The first kappa shape index (κ1) is 16.9. The van der Waals surface area contributed by atoms with Gasteiger partial charge in [-0.3, -0.25) is 4.79 Å². The van der Waals surface area contributed by atoms with Crippen LogP contribution < -0.4 is 15.4 Å². The number of pyridine rings is 1. The molecule has 0 bridgehead atoms. The van der Waals surface area contributed by atoms with Crippen molar-refractivity contribution in [3.63, 3.8) is 0 Å². The summed E-state index contributed by atoms with van der Waals surface area (Å²) in [5, 5.41) is 24.4. The first-order valence-electron chi connectivity index (χ1n) is 6.64. The molecule has 1 unspecified atom stereocenters. The van der Waals surface area contributed by atoms with Gasteiger partial charge in [-0.1, -0.05) is 13.8 Å². The Kier molecular flexibility index (Phi) is 6.59. The Bertz CT molecular complexity index is 525. The van der Waals surface area contributed by atoms with Crippen molar-refractivity contribution in [1.29, 1.82) is 5.26 Å². The van der Waals surface area contributed by atoms with Crippen LogP contribution in [-0.4, -0.2) is 41.3 Å². The number of hydrogen-bond donors (Lipinski definition) is 3. The molecule has 7 heteroatoms. The average Bonchev–Trinajstić information content (AvgIpc) is 2.42. The lowest BCUT2D eigenvalue weighted by Gasteiger charge is -2.15. The van der Waals surface area contributed by atoms with Crippen molar-refractivity contribution < 1.29 is 14.6 Å². The van der Waals surface area contributed by atoms with Crippen molar-refractivity contribution >= 4 is 11.6 Å². The van der Waals surface area contributed by atoms with Crippen LogP contribution in [0.25, 0.3) is 0 Å². The zero-order chi connectivity index (χ0) is 15.8. The highest BCUT2D eigenvalue weighted by atomic mass is 16.5. The normalized spacial score (nSPS) is 11.8. The molecule has 0 radical (unpaired) electrons. The third-order valence-electron chi connectivity index (χ3n) is 2.47. The maximum atomic E-state index is 10.9. The highest BCUT2D eigenvalue weighted by molar-refractivity contribution is 5.88. The Balaban J connectivity index is 2.63. The van der Waals surface area contributed by atoms with Gasteiger partial charge in [0.05, 0.1) is 11.9 Å². The molecule has 114 valence electrons. The van der Waals surface area contributed by atoms with E-state index >= 15 is 0 Å². The standard InChI is InChI=1S/C14H20N4O3/c1-9(2)16-7-13(20)8-21-14-11(5-15)4-12(6-17-14)18-10(3)19/h4,6,9,13,16,20H,7-8H2,1-3H3,(H,18,19). The molecule has 0 aromatic carbocycles. The van der Waals surface area contributed by atoms with Crippen LogP contribution in [-0.2, 0) is 4.79 Å². The number of nitriles is 1. The number of aromatic nitrogens is 1. The summed E-state index contributed by atoms with van der Waals surface area (Å²) >= 11 is 0. The molecule has 0 saturated heterocycles. The molecule has 0 aliphatic heterocycles. The number of ether oxygens (including phenoxy) is 1. The smallest absolute Gasteiger partial charge is 0.231 e. The number of nitrogens with one attached hydrogen (secondary N) is 2. The number of hydrogen-bond acceptors (Lipinski definition) is 6. The number of carbonyl (C=O) groups is 1. The molecule has 1 amide bonds. The number of aliphatic hydroxyl groups is 1. The number of aliphatic hydroxyl groups excluding tert-OH is 1. The van der Waals surface area contributed by atoms with Gasteiger partial charge in [-0.2, -0.15) is 5.26 Å². The molecule has 1 aromatic rings. The van der Waals surface area contributed by atoms with Crippen LogP contribution in [0.1, 0.15) is 26.3 Å². The minimum atomic E-state index is -0.698. The number of amides is 1. The quantitative estimate of drug-likeness (QED) is 0.681. The lowest BCUT2D eigenvalue weighted by molar-refractivity contribution is -0.114. The molecule has 1 aromatic heterocycles. The van der Waals surface area contributed by atoms with Gasteiger partial charge in [0.15, 0.2) is 0 Å². The molecule has 21 heavy (non-hydrogen) atoms. The summed E-state index contributed by atoms with van der Waals surface area (Å²) in [6.45, 7) is 5.74. The van der Waals surface area contributed by atoms with Crippen molar-refractivity contribution in [2.45, 2.75) is 32.9 Å². The molecule has 1 heterocycles. The van der Waals surface area contributed by atoms with Gasteiger partial charge in [-0.15, -0.1) is 0 Å². The summed E-state index contributed by atoms with van der Waals surface area (Å²) < 4.78 is 5.35. The van der Waals surface area contributed by atoms with Gasteiger partial charge in [-0.25, -0.2) is 4.98 Å². The third kappa shape index (κ3) is 6.21. The molecular weight excluding hydrogens is 272 g/mol. The third-order valence-corrected chi connectivity index (χ3v) is 2.47. The molecule has 1 atom stereocenters. The minimum Gasteiger partial charge on any atom is -0.474 e. The highest BCUT2D eigenvalue weighted by Gasteiger charge is 2.11. The van der Waals surface area contributed by atoms with Crippen LogP contribution in [0.2, 0.25) is 0 Å². The van der Waals surface area contributed by atoms with E-state index in [0.29, 0.717) is 12.2 Å². The fraction of sp³-hybridized carbons (Fsp3) is 0.500. The molecule has 0 spiro atoms. The van der Waals surface area contributed by atoms with Crippen LogP contribution in [0.15, 0.2) is 12.3 Å². The number of carbonyl (C=O) groups excluding carboxylic acids is 1. The topological polar surface area (TPSA) is 107 Å². The maximum Gasteiger partial charge on any atom is 0.231 e. The Labute approximate surface area is 123 Å². The van der Waals surface area contributed by atoms with Gasteiger partial charge in [0.25, 0.3) is 0 Å². The number of anilines is 1. The first-order valence-corrected chi connectivity index (χ1v) is 6.64. The average molecular weight is 292 g/mol. The van der Waals surface area contributed by atoms with Crippen LogP contribution in [0, 0.1) is 11.3 Å². The van der Waals surface area contributed by atoms with Crippen molar-refractivity contribution in [2.75, 3.05) is 18.5 Å². The SMILES string of the molecule is CC(=O)Nc1cnc(OCC(O)CNC(C)C)c(C#N)c1.